The lowest BCUT2D eigenvalue weighted by Crippen LogP contribution is -2.49. The lowest BCUT2D eigenvalue weighted by molar-refractivity contribution is 0.0742. The number of carbonyl (C=O) groups excluding carboxylic acids is 1. The van der Waals surface area contributed by atoms with E-state index < -0.39 is 0 Å². The largest absolute Gasteiger partial charge is 0.368 e. The van der Waals surface area contributed by atoms with Crippen LogP contribution in [0.3, 0.4) is 0 Å². The van der Waals surface area contributed by atoms with Crippen LogP contribution in [0.4, 0.5) is 5.69 Å². The Labute approximate surface area is 157 Å². The maximum atomic E-state index is 13.0. The third-order valence-corrected chi connectivity index (χ3v) is 5.23. The molecule has 2 heterocycles. The molecule has 134 valence electrons. The van der Waals surface area contributed by atoms with E-state index in [1.807, 2.05) is 48.2 Å². The van der Waals surface area contributed by atoms with Crippen LogP contribution < -0.4 is 4.90 Å². The van der Waals surface area contributed by atoms with Gasteiger partial charge in [0.2, 0.25) is 0 Å². The number of H-pyrrole nitrogens is 1. The maximum absolute atomic E-state index is 13.0. The maximum Gasteiger partial charge on any atom is 0.275 e. The monoisotopic (exact) mass is 368 g/mol. The number of aromatic amines is 1. The first kappa shape index (κ1) is 16.9. The summed E-state index contributed by atoms with van der Waals surface area (Å²) >= 11 is 6.15. The molecule has 5 nitrogen and oxygen atoms in total. The zero-order valence-electron chi connectivity index (χ0n) is 14.9. The second kappa shape index (κ2) is 6.65. The van der Waals surface area contributed by atoms with Gasteiger partial charge < -0.3 is 9.80 Å². The summed E-state index contributed by atoms with van der Waals surface area (Å²) in [6.07, 6.45) is 0. The van der Waals surface area contributed by atoms with Gasteiger partial charge in [-0.25, -0.2) is 0 Å². The number of aryl methyl sites for hydroxylation is 2. The number of hydrogen-bond donors (Lipinski definition) is 1. The van der Waals surface area contributed by atoms with E-state index in [4.69, 9.17) is 11.6 Å². The summed E-state index contributed by atoms with van der Waals surface area (Å²) in [5.74, 6) is -0.00989. The van der Waals surface area contributed by atoms with Crippen LogP contribution in [0.25, 0.3) is 10.9 Å². The molecule has 0 spiro atoms. The number of piperazine rings is 1. The number of benzene rings is 2. The number of nitrogens with one attached hydrogen (secondary N) is 1. The minimum absolute atomic E-state index is 0.00989. The zero-order valence-corrected chi connectivity index (χ0v) is 15.7. The molecule has 1 aromatic heterocycles. The standard InChI is InChI=1S/C20H21ClN4O/c1-13-3-6-17-16(11-13)19(23-22-17)20(26)25-9-7-24(8-10-25)18-12-15(21)5-4-14(18)2/h3-6,11-12H,7-10H2,1-2H3,(H,22,23). The van der Waals surface area contributed by atoms with Gasteiger partial charge >= 0.3 is 0 Å². The zero-order chi connectivity index (χ0) is 18.3. The Kier molecular flexibility index (Phi) is 4.32. The van der Waals surface area contributed by atoms with Gasteiger partial charge in [0, 0.05) is 42.3 Å². The number of anilines is 1. The van der Waals surface area contributed by atoms with Crippen LogP contribution in [0, 0.1) is 13.8 Å². The van der Waals surface area contributed by atoms with Crippen molar-refractivity contribution in [2.75, 3.05) is 31.1 Å². The first-order chi connectivity index (χ1) is 12.5. The Morgan fingerprint density at radius 2 is 1.85 bits per heavy atom. The average molecular weight is 369 g/mol. The topological polar surface area (TPSA) is 52.2 Å². The Morgan fingerprint density at radius 3 is 2.62 bits per heavy atom. The van der Waals surface area contributed by atoms with Crippen LogP contribution in [0.1, 0.15) is 21.6 Å². The van der Waals surface area contributed by atoms with Gasteiger partial charge in [-0.3, -0.25) is 9.89 Å². The van der Waals surface area contributed by atoms with E-state index in [-0.39, 0.29) is 5.91 Å². The van der Waals surface area contributed by atoms with Gasteiger partial charge in [-0.1, -0.05) is 29.3 Å². The summed E-state index contributed by atoms with van der Waals surface area (Å²) in [6, 6.07) is 11.9. The molecule has 0 saturated carbocycles. The van der Waals surface area contributed by atoms with Crippen molar-refractivity contribution in [3.8, 4) is 0 Å². The van der Waals surface area contributed by atoms with E-state index in [0.29, 0.717) is 18.8 Å². The van der Waals surface area contributed by atoms with E-state index in [1.165, 1.54) is 5.56 Å². The number of nitrogens with zero attached hydrogens (tertiary/aromatic N) is 3. The third kappa shape index (κ3) is 3.03. The molecule has 0 radical (unpaired) electrons. The molecule has 26 heavy (non-hydrogen) atoms. The Hall–Kier alpha value is -2.53. The molecule has 0 aliphatic carbocycles. The average Bonchev–Trinajstić information content (AvgIpc) is 3.06. The van der Waals surface area contributed by atoms with Crippen molar-refractivity contribution < 1.29 is 4.79 Å². The van der Waals surface area contributed by atoms with Gasteiger partial charge in [-0.2, -0.15) is 5.10 Å². The number of aromatic nitrogens is 2. The predicted octanol–water partition coefficient (Wildman–Crippen LogP) is 3.80. The van der Waals surface area contributed by atoms with Crippen LogP contribution in [-0.2, 0) is 0 Å². The first-order valence-corrected chi connectivity index (χ1v) is 9.16. The summed E-state index contributed by atoms with van der Waals surface area (Å²) in [6.45, 7) is 7.02. The van der Waals surface area contributed by atoms with Gasteiger partial charge in [0.1, 0.15) is 0 Å². The minimum atomic E-state index is -0.00989. The number of rotatable bonds is 2. The molecule has 1 fully saturated rings. The molecule has 0 unspecified atom stereocenters. The van der Waals surface area contributed by atoms with Crippen LogP contribution in [0.2, 0.25) is 5.02 Å². The smallest absolute Gasteiger partial charge is 0.275 e. The highest BCUT2D eigenvalue weighted by Gasteiger charge is 2.26. The number of carbonyl (C=O) groups is 1. The highest BCUT2D eigenvalue weighted by Crippen LogP contribution is 2.26. The number of halogens is 1. The molecule has 4 rings (SSSR count). The van der Waals surface area contributed by atoms with Crippen molar-refractivity contribution in [2.24, 2.45) is 0 Å². The fourth-order valence-electron chi connectivity index (χ4n) is 3.51. The summed E-state index contributed by atoms with van der Waals surface area (Å²) in [5.41, 5.74) is 4.87. The van der Waals surface area contributed by atoms with E-state index >= 15 is 0 Å². The molecular formula is C20H21ClN4O. The molecule has 6 heteroatoms. The quantitative estimate of drug-likeness (QED) is 0.748. The fraction of sp³-hybridized carbons (Fsp3) is 0.300. The van der Waals surface area contributed by atoms with Gasteiger partial charge in [0.25, 0.3) is 5.91 Å². The van der Waals surface area contributed by atoms with Gasteiger partial charge in [0.15, 0.2) is 5.69 Å². The second-order valence-electron chi connectivity index (χ2n) is 6.83. The van der Waals surface area contributed by atoms with Crippen molar-refractivity contribution in [1.82, 2.24) is 15.1 Å². The fourth-order valence-corrected chi connectivity index (χ4v) is 3.68. The third-order valence-electron chi connectivity index (χ3n) is 5.00. The molecule has 1 amide bonds. The van der Waals surface area contributed by atoms with Gasteiger partial charge in [0.05, 0.1) is 5.52 Å². The van der Waals surface area contributed by atoms with E-state index in [0.717, 1.165) is 40.3 Å². The van der Waals surface area contributed by atoms with Crippen molar-refractivity contribution >= 4 is 34.1 Å². The minimum Gasteiger partial charge on any atom is -0.368 e. The highest BCUT2D eigenvalue weighted by molar-refractivity contribution is 6.30. The summed E-state index contributed by atoms with van der Waals surface area (Å²) in [5, 5.41) is 8.86. The van der Waals surface area contributed by atoms with Crippen molar-refractivity contribution in [3.63, 3.8) is 0 Å². The summed E-state index contributed by atoms with van der Waals surface area (Å²) < 4.78 is 0. The Bertz CT molecular complexity index is 973. The molecule has 1 aliphatic rings. The molecule has 3 aromatic rings. The number of hydrogen-bond acceptors (Lipinski definition) is 3. The molecule has 0 atom stereocenters. The Balaban J connectivity index is 1.51. The van der Waals surface area contributed by atoms with Crippen molar-refractivity contribution in [2.45, 2.75) is 13.8 Å². The first-order valence-electron chi connectivity index (χ1n) is 8.78. The molecule has 1 aliphatic heterocycles. The second-order valence-corrected chi connectivity index (χ2v) is 7.27. The summed E-state index contributed by atoms with van der Waals surface area (Å²) in [4.78, 5) is 17.1. The van der Waals surface area contributed by atoms with Crippen LogP contribution in [0.5, 0.6) is 0 Å². The van der Waals surface area contributed by atoms with Crippen LogP contribution >= 0.6 is 11.6 Å². The summed E-state index contributed by atoms with van der Waals surface area (Å²) in [7, 11) is 0. The van der Waals surface area contributed by atoms with Gasteiger partial charge in [-0.15, -0.1) is 0 Å². The number of fused-ring (bicyclic) bond motifs is 1. The van der Waals surface area contributed by atoms with E-state index in [9.17, 15) is 4.79 Å². The van der Waals surface area contributed by atoms with Crippen molar-refractivity contribution in [3.05, 3.63) is 58.2 Å². The molecule has 2 aromatic carbocycles. The lowest BCUT2D eigenvalue weighted by Gasteiger charge is -2.36. The predicted molar refractivity (Wildman–Crippen MR) is 105 cm³/mol. The van der Waals surface area contributed by atoms with E-state index in [1.54, 1.807) is 0 Å². The normalized spacial score (nSPS) is 14.9. The van der Waals surface area contributed by atoms with E-state index in [2.05, 4.69) is 22.0 Å². The van der Waals surface area contributed by atoms with Crippen LogP contribution in [0.15, 0.2) is 36.4 Å². The molecule has 1 saturated heterocycles. The Morgan fingerprint density at radius 1 is 1.08 bits per heavy atom. The SMILES string of the molecule is Cc1ccc2[nH]nc(C(=O)N3CCN(c4cc(Cl)ccc4C)CC3)c2c1. The number of amides is 1. The van der Waals surface area contributed by atoms with Gasteiger partial charge in [-0.05, 0) is 43.7 Å². The highest BCUT2D eigenvalue weighted by atomic mass is 35.5. The molecule has 0 bridgehead atoms. The lowest BCUT2D eigenvalue weighted by atomic mass is 10.1. The molecular weight excluding hydrogens is 348 g/mol. The van der Waals surface area contributed by atoms with Crippen LogP contribution in [-0.4, -0.2) is 47.2 Å². The molecule has 1 N–H and O–H groups in total. The van der Waals surface area contributed by atoms with Crippen molar-refractivity contribution in [1.29, 1.82) is 0 Å².